The third-order valence-electron chi connectivity index (χ3n) is 3.10. The van der Waals surface area contributed by atoms with E-state index in [4.69, 9.17) is 4.74 Å². The highest BCUT2D eigenvalue weighted by molar-refractivity contribution is 7.91. The van der Waals surface area contributed by atoms with Gasteiger partial charge in [0.1, 0.15) is 5.69 Å². The summed E-state index contributed by atoms with van der Waals surface area (Å²) in [4.78, 5) is 9.80. The fourth-order valence-electron chi connectivity index (χ4n) is 1.98. The number of ether oxygens (including phenoxy) is 1. The third kappa shape index (κ3) is 4.56. The number of aryl methyl sites for hydroxylation is 1. The number of anilines is 2. The predicted molar refractivity (Wildman–Crippen MR) is 90.3 cm³/mol. The molecule has 1 heterocycles. The highest BCUT2D eigenvalue weighted by Gasteiger charge is 2.17. The smallest absolute Gasteiger partial charge is 0.318 e. The van der Waals surface area contributed by atoms with Crippen molar-refractivity contribution in [3.05, 3.63) is 41.6 Å². The maximum absolute atomic E-state index is 12.4. The zero-order valence-corrected chi connectivity index (χ0v) is 14.4. The minimum Gasteiger partial charge on any atom is -0.467 e. The molecule has 2 aromatic rings. The van der Waals surface area contributed by atoms with Crippen LogP contribution in [-0.4, -0.2) is 39.6 Å². The van der Waals surface area contributed by atoms with Crippen LogP contribution in [0.25, 0.3) is 0 Å². The van der Waals surface area contributed by atoms with E-state index in [1.54, 1.807) is 31.1 Å². The number of nitrogens with one attached hydrogen (secondary N) is 1. The van der Waals surface area contributed by atoms with Gasteiger partial charge in [-0.2, -0.15) is 4.98 Å². The second-order valence-electron chi connectivity index (χ2n) is 5.34. The number of methoxy groups -OCH3 is 1. The van der Waals surface area contributed by atoms with Crippen molar-refractivity contribution < 1.29 is 13.2 Å². The standard InChI is InChI=1S/C15H20N4O3S/c1-11-5-7-12(8-6-11)10-23(20,21)18-13-9-16-15(22-4)17-14(13)19(2)3/h5-9,18H,10H2,1-4H3. The number of hydrogen-bond acceptors (Lipinski definition) is 6. The minimum atomic E-state index is -3.57. The van der Waals surface area contributed by atoms with Gasteiger partial charge in [-0.3, -0.25) is 4.72 Å². The van der Waals surface area contributed by atoms with Crippen molar-refractivity contribution >= 4 is 21.5 Å². The number of nitrogens with zero attached hydrogens (tertiary/aromatic N) is 3. The molecule has 0 spiro atoms. The van der Waals surface area contributed by atoms with Gasteiger partial charge in [-0.15, -0.1) is 0 Å². The Morgan fingerprint density at radius 3 is 2.43 bits per heavy atom. The normalized spacial score (nSPS) is 11.1. The molecule has 0 saturated carbocycles. The second kappa shape index (κ2) is 6.82. The Morgan fingerprint density at radius 1 is 1.22 bits per heavy atom. The fraction of sp³-hybridized carbons (Fsp3) is 0.333. The molecule has 0 amide bonds. The van der Waals surface area contributed by atoms with Crippen molar-refractivity contribution in [3.8, 4) is 6.01 Å². The van der Waals surface area contributed by atoms with Crippen molar-refractivity contribution in [3.63, 3.8) is 0 Å². The molecule has 2 rings (SSSR count). The fourth-order valence-corrected chi connectivity index (χ4v) is 3.16. The molecule has 1 aromatic carbocycles. The first-order chi connectivity index (χ1) is 10.8. The minimum absolute atomic E-state index is 0.119. The van der Waals surface area contributed by atoms with Crippen LogP contribution in [0, 0.1) is 6.92 Å². The van der Waals surface area contributed by atoms with Crippen molar-refractivity contribution in [2.24, 2.45) is 0 Å². The van der Waals surface area contributed by atoms with Gasteiger partial charge < -0.3 is 9.64 Å². The average molecular weight is 336 g/mol. The molecular weight excluding hydrogens is 316 g/mol. The Labute approximate surface area is 136 Å². The van der Waals surface area contributed by atoms with E-state index in [0.717, 1.165) is 5.56 Å². The summed E-state index contributed by atoms with van der Waals surface area (Å²) in [6, 6.07) is 7.53. The van der Waals surface area contributed by atoms with Crippen LogP contribution in [-0.2, 0) is 15.8 Å². The van der Waals surface area contributed by atoms with Crippen LogP contribution in [0.4, 0.5) is 11.5 Å². The van der Waals surface area contributed by atoms with E-state index in [-0.39, 0.29) is 11.8 Å². The lowest BCUT2D eigenvalue weighted by molar-refractivity contribution is 0.380. The Hall–Kier alpha value is -2.35. The van der Waals surface area contributed by atoms with Gasteiger partial charge in [-0.25, -0.2) is 13.4 Å². The van der Waals surface area contributed by atoms with Crippen LogP contribution >= 0.6 is 0 Å². The molecule has 0 aliphatic carbocycles. The molecule has 8 heteroatoms. The van der Waals surface area contributed by atoms with E-state index in [9.17, 15) is 8.42 Å². The van der Waals surface area contributed by atoms with Crippen LogP contribution < -0.4 is 14.4 Å². The van der Waals surface area contributed by atoms with E-state index in [1.165, 1.54) is 13.3 Å². The SMILES string of the molecule is COc1ncc(NS(=O)(=O)Cc2ccc(C)cc2)c(N(C)C)n1. The quantitative estimate of drug-likeness (QED) is 0.866. The second-order valence-corrected chi connectivity index (χ2v) is 7.06. The lowest BCUT2D eigenvalue weighted by Gasteiger charge is -2.17. The molecule has 0 radical (unpaired) electrons. The summed E-state index contributed by atoms with van der Waals surface area (Å²) in [5.74, 6) is 0.316. The first-order valence-electron chi connectivity index (χ1n) is 6.95. The molecular formula is C15H20N4O3S. The maximum Gasteiger partial charge on any atom is 0.318 e. The van der Waals surface area contributed by atoms with Crippen molar-refractivity contribution in [1.29, 1.82) is 0 Å². The molecule has 0 aliphatic heterocycles. The first-order valence-corrected chi connectivity index (χ1v) is 8.60. The molecule has 23 heavy (non-hydrogen) atoms. The van der Waals surface area contributed by atoms with E-state index < -0.39 is 10.0 Å². The molecule has 124 valence electrons. The van der Waals surface area contributed by atoms with E-state index >= 15 is 0 Å². The molecule has 0 fully saturated rings. The molecule has 0 unspecified atom stereocenters. The Morgan fingerprint density at radius 2 is 1.87 bits per heavy atom. The number of rotatable bonds is 6. The van der Waals surface area contributed by atoms with Crippen molar-refractivity contribution in [2.75, 3.05) is 30.8 Å². The largest absolute Gasteiger partial charge is 0.467 e. The van der Waals surface area contributed by atoms with Gasteiger partial charge in [-0.05, 0) is 12.5 Å². The topological polar surface area (TPSA) is 84.4 Å². The number of sulfonamides is 1. The summed E-state index contributed by atoms with van der Waals surface area (Å²) < 4.78 is 32.2. The zero-order valence-electron chi connectivity index (χ0n) is 13.6. The molecule has 0 aliphatic rings. The summed E-state index contributed by atoms with van der Waals surface area (Å²) >= 11 is 0. The van der Waals surface area contributed by atoms with Gasteiger partial charge in [0, 0.05) is 14.1 Å². The summed E-state index contributed by atoms with van der Waals surface area (Å²) in [6.45, 7) is 1.95. The Bertz CT molecular complexity index is 774. The highest BCUT2D eigenvalue weighted by atomic mass is 32.2. The van der Waals surface area contributed by atoms with E-state index in [1.807, 2.05) is 19.1 Å². The number of benzene rings is 1. The first kappa shape index (κ1) is 17.0. The van der Waals surface area contributed by atoms with E-state index in [2.05, 4.69) is 14.7 Å². The van der Waals surface area contributed by atoms with Gasteiger partial charge in [-0.1, -0.05) is 29.8 Å². The van der Waals surface area contributed by atoms with Crippen LogP contribution in [0.5, 0.6) is 6.01 Å². The zero-order chi connectivity index (χ0) is 17.0. The Kier molecular flexibility index (Phi) is 5.05. The van der Waals surface area contributed by atoms with Gasteiger partial charge in [0.05, 0.1) is 19.1 Å². The van der Waals surface area contributed by atoms with E-state index in [0.29, 0.717) is 17.1 Å². The number of hydrogen-bond donors (Lipinski definition) is 1. The summed E-state index contributed by atoms with van der Waals surface area (Å²) in [5.41, 5.74) is 2.10. The molecule has 0 saturated heterocycles. The van der Waals surface area contributed by atoms with Crippen LogP contribution in [0.1, 0.15) is 11.1 Å². The molecule has 0 atom stereocenters. The highest BCUT2D eigenvalue weighted by Crippen LogP contribution is 2.24. The average Bonchev–Trinajstić information content (AvgIpc) is 2.49. The van der Waals surface area contributed by atoms with Gasteiger partial charge >= 0.3 is 6.01 Å². The van der Waals surface area contributed by atoms with Gasteiger partial charge in [0.2, 0.25) is 10.0 Å². The number of aromatic nitrogens is 2. The molecule has 7 nitrogen and oxygen atoms in total. The van der Waals surface area contributed by atoms with Crippen molar-refractivity contribution in [1.82, 2.24) is 9.97 Å². The van der Waals surface area contributed by atoms with Crippen LogP contribution in [0.15, 0.2) is 30.5 Å². The molecule has 1 aromatic heterocycles. The predicted octanol–water partition coefficient (Wildman–Crippen LogP) is 1.80. The Balaban J connectivity index is 2.24. The van der Waals surface area contributed by atoms with Crippen LogP contribution in [0.2, 0.25) is 0 Å². The summed E-state index contributed by atoms with van der Waals surface area (Å²) in [7, 11) is 1.41. The lowest BCUT2D eigenvalue weighted by Crippen LogP contribution is -2.20. The lowest BCUT2D eigenvalue weighted by atomic mass is 10.2. The monoisotopic (exact) mass is 336 g/mol. The maximum atomic E-state index is 12.4. The molecule has 0 bridgehead atoms. The third-order valence-corrected chi connectivity index (χ3v) is 4.34. The summed E-state index contributed by atoms with van der Waals surface area (Å²) in [6.07, 6.45) is 1.40. The molecule has 1 N–H and O–H groups in total. The van der Waals surface area contributed by atoms with Crippen LogP contribution in [0.3, 0.4) is 0 Å². The van der Waals surface area contributed by atoms with Crippen molar-refractivity contribution in [2.45, 2.75) is 12.7 Å². The van der Waals surface area contributed by atoms with Gasteiger partial charge in [0.25, 0.3) is 0 Å². The summed E-state index contributed by atoms with van der Waals surface area (Å²) in [5, 5.41) is 0. The van der Waals surface area contributed by atoms with Gasteiger partial charge in [0.15, 0.2) is 5.82 Å².